The van der Waals surface area contributed by atoms with Crippen LogP contribution in [0.2, 0.25) is 0 Å². The summed E-state index contributed by atoms with van der Waals surface area (Å²) in [5.41, 5.74) is 9.11. The number of carbonyl (C=O) groups excluding carboxylic acids is 2. The molecule has 4 N–H and O–H groups in total. The first-order chi connectivity index (χ1) is 17.5. The Bertz CT molecular complexity index is 1440. The van der Waals surface area contributed by atoms with Gasteiger partial charge in [-0.25, -0.2) is 14.8 Å². The molecule has 36 heavy (non-hydrogen) atoms. The maximum Gasteiger partial charge on any atom is 0.342 e. The van der Waals surface area contributed by atoms with E-state index in [1.807, 2.05) is 59.3 Å². The van der Waals surface area contributed by atoms with Gasteiger partial charge in [-0.05, 0) is 29.7 Å². The summed E-state index contributed by atoms with van der Waals surface area (Å²) in [6.45, 7) is 0. The molecule has 0 bridgehead atoms. The van der Waals surface area contributed by atoms with Gasteiger partial charge in [0.05, 0.1) is 12.8 Å². The van der Waals surface area contributed by atoms with E-state index in [-0.39, 0.29) is 11.9 Å². The largest absolute Gasteiger partial charge is 0.467 e. The minimum absolute atomic E-state index is 0.176. The third-order valence-corrected chi connectivity index (χ3v) is 8.55. The molecule has 2 aromatic heterocycles. The fraction of sp³-hybridized carbons (Fsp3) is 0.120. The van der Waals surface area contributed by atoms with Gasteiger partial charge in [-0.3, -0.25) is 4.79 Å². The quantitative estimate of drug-likeness (QED) is 0.258. The molecule has 11 heteroatoms. The number of nitrogens with two attached hydrogens (primary N) is 1. The van der Waals surface area contributed by atoms with Crippen LogP contribution in [0.3, 0.4) is 0 Å². The lowest BCUT2D eigenvalue weighted by atomic mass is 10.1. The number of nitrogen functional groups attached to an aromatic ring is 1. The van der Waals surface area contributed by atoms with Crippen LogP contribution in [0.5, 0.6) is 0 Å². The maximum absolute atomic E-state index is 12.5. The number of nitrogens with zero attached hydrogens (tertiary/aromatic N) is 2. The van der Waals surface area contributed by atoms with Crippen molar-refractivity contribution < 1.29 is 14.3 Å². The highest BCUT2D eigenvalue weighted by molar-refractivity contribution is 8.04. The highest BCUT2D eigenvalue weighted by Crippen LogP contribution is 2.43. The average molecular weight is 536 g/mol. The Balaban J connectivity index is 1.35. The zero-order valence-corrected chi connectivity index (χ0v) is 21.5. The van der Waals surface area contributed by atoms with Crippen LogP contribution in [-0.4, -0.2) is 33.8 Å². The van der Waals surface area contributed by atoms with Gasteiger partial charge in [-0.2, -0.15) is 0 Å². The van der Waals surface area contributed by atoms with Crippen molar-refractivity contribution in [2.24, 2.45) is 0 Å². The molecule has 0 saturated heterocycles. The van der Waals surface area contributed by atoms with E-state index >= 15 is 0 Å². The Morgan fingerprint density at radius 1 is 1.11 bits per heavy atom. The smallest absolute Gasteiger partial charge is 0.342 e. The molecule has 1 aliphatic heterocycles. The highest BCUT2D eigenvalue weighted by Gasteiger charge is 2.42. The molecule has 1 atom stereocenters. The standard InChI is InChI=1S/C25H21N5O3S3/c1-33-23(32)25(11-6-12-35-25)30-24-29-20(26)19(36-24)22-28-18(14-34-22)16-9-5-10-17(13-16)27-21(31)15-7-3-2-4-8-15/h2-10,12-14H,11,26H2,1H3,(H,27,31)(H,29,30). The first-order valence-corrected chi connectivity index (χ1v) is 13.4. The first-order valence-electron chi connectivity index (χ1n) is 10.9. The number of hydrogen-bond donors (Lipinski definition) is 3. The van der Waals surface area contributed by atoms with Gasteiger partial charge in [0.15, 0.2) is 10.0 Å². The van der Waals surface area contributed by atoms with Crippen molar-refractivity contribution >= 4 is 62.9 Å². The number of esters is 1. The second-order valence-corrected chi connectivity index (χ2v) is 10.9. The summed E-state index contributed by atoms with van der Waals surface area (Å²) in [7, 11) is 1.37. The van der Waals surface area contributed by atoms with Gasteiger partial charge < -0.3 is 21.1 Å². The summed E-state index contributed by atoms with van der Waals surface area (Å²) in [5, 5.41) is 11.2. The van der Waals surface area contributed by atoms with Gasteiger partial charge >= 0.3 is 5.97 Å². The summed E-state index contributed by atoms with van der Waals surface area (Å²) < 4.78 is 4.99. The molecule has 0 fully saturated rings. The van der Waals surface area contributed by atoms with Gasteiger partial charge in [-0.15, -0.1) is 11.3 Å². The number of benzene rings is 2. The number of aromatic nitrogens is 2. The van der Waals surface area contributed by atoms with Crippen molar-refractivity contribution in [3.8, 4) is 21.1 Å². The molecule has 0 spiro atoms. The zero-order chi connectivity index (χ0) is 25.1. The zero-order valence-electron chi connectivity index (χ0n) is 19.1. The van der Waals surface area contributed by atoms with Crippen molar-refractivity contribution in [1.82, 2.24) is 9.97 Å². The fourth-order valence-corrected chi connectivity index (χ4v) is 6.53. The van der Waals surface area contributed by atoms with Gasteiger partial charge in [0, 0.05) is 28.6 Å². The Kier molecular flexibility index (Phi) is 6.77. The van der Waals surface area contributed by atoms with E-state index in [0.717, 1.165) is 21.1 Å². The molecule has 0 saturated carbocycles. The molecule has 182 valence electrons. The Morgan fingerprint density at radius 2 is 1.94 bits per heavy atom. The second-order valence-electron chi connectivity index (χ2n) is 7.81. The second kappa shape index (κ2) is 10.1. The number of rotatable bonds is 7. The van der Waals surface area contributed by atoms with E-state index in [2.05, 4.69) is 15.6 Å². The predicted octanol–water partition coefficient (Wildman–Crippen LogP) is 5.70. The summed E-state index contributed by atoms with van der Waals surface area (Å²) in [5.74, 6) is -0.212. The van der Waals surface area contributed by atoms with Crippen molar-refractivity contribution in [2.75, 3.05) is 23.5 Å². The minimum Gasteiger partial charge on any atom is -0.467 e. The SMILES string of the molecule is COC(=O)C1(Nc2nc(N)c(-c3nc(-c4cccc(NC(=O)c5ccccc5)c4)cs3)s2)CC=CS1. The third kappa shape index (κ3) is 4.85. The summed E-state index contributed by atoms with van der Waals surface area (Å²) in [6, 6.07) is 16.6. The van der Waals surface area contributed by atoms with Crippen LogP contribution in [-0.2, 0) is 9.53 Å². The molecule has 5 rings (SSSR count). The van der Waals surface area contributed by atoms with E-state index in [1.165, 1.54) is 41.5 Å². The van der Waals surface area contributed by atoms with Gasteiger partial charge in [-0.1, -0.05) is 59.5 Å². The summed E-state index contributed by atoms with van der Waals surface area (Å²) in [4.78, 5) is 33.9. The molecule has 1 amide bonds. The van der Waals surface area contributed by atoms with Crippen LogP contribution in [0.1, 0.15) is 16.8 Å². The minimum atomic E-state index is -0.949. The van der Waals surface area contributed by atoms with Crippen molar-refractivity contribution in [1.29, 1.82) is 0 Å². The van der Waals surface area contributed by atoms with Gasteiger partial charge in [0.2, 0.25) is 0 Å². The number of carbonyl (C=O) groups is 2. The molecule has 1 unspecified atom stereocenters. The van der Waals surface area contributed by atoms with Crippen molar-refractivity contribution in [3.63, 3.8) is 0 Å². The topological polar surface area (TPSA) is 119 Å². The third-order valence-electron chi connectivity index (χ3n) is 5.40. The van der Waals surface area contributed by atoms with E-state index < -0.39 is 4.87 Å². The Hall–Kier alpha value is -3.67. The number of amides is 1. The lowest BCUT2D eigenvalue weighted by molar-refractivity contribution is -0.142. The predicted molar refractivity (Wildman–Crippen MR) is 147 cm³/mol. The van der Waals surface area contributed by atoms with Gasteiger partial charge in [0.1, 0.15) is 15.7 Å². The average Bonchev–Trinajstić information content (AvgIpc) is 3.65. The van der Waals surface area contributed by atoms with Crippen LogP contribution in [0.15, 0.2) is 71.5 Å². The van der Waals surface area contributed by atoms with Gasteiger partial charge in [0.25, 0.3) is 5.91 Å². The van der Waals surface area contributed by atoms with E-state index in [9.17, 15) is 9.59 Å². The monoisotopic (exact) mass is 535 g/mol. The molecular formula is C25H21N5O3S3. The first kappa shape index (κ1) is 24.0. The number of nitrogens with one attached hydrogen (secondary N) is 2. The highest BCUT2D eigenvalue weighted by atomic mass is 32.2. The van der Waals surface area contributed by atoms with E-state index in [1.54, 1.807) is 12.1 Å². The normalized spacial score (nSPS) is 16.6. The molecule has 2 aromatic carbocycles. The number of methoxy groups -OCH3 is 1. The molecule has 4 aromatic rings. The van der Waals surface area contributed by atoms with Crippen molar-refractivity contribution in [2.45, 2.75) is 11.3 Å². The Morgan fingerprint density at radius 3 is 2.69 bits per heavy atom. The van der Waals surface area contributed by atoms with Crippen LogP contribution in [0, 0.1) is 0 Å². The molecule has 3 heterocycles. The maximum atomic E-state index is 12.5. The fourth-order valence-electron chi connectivity index (χ4n) is 3.63. The molecular weight excluding hydrogens is 515 g/mol. The molecule has 0 aliphatic carbocycles. The van der Waals surface area contributed by atoms with E-state index in [4.69, 9.17) is 15.5 Å². The lowest BCUT2D eigenvalue weighted by Crippen LogP contribution is -2.42. The van der Waals surface area contributed by atoms with Crippen LogP contribution in [0.4, 0.5) is 16.6 Å². The van der Waals surface area contributed by atoms with E-state index in [0.29, 0.717) is 28.6 Å². The number of thiazole rings is 2. The molecule has 1 aliphatic rings. The van der Waals surface area contributed by atoms with Crippen LogP contribution in [0.25, 0.3) is 21.1 Å². The Labute approximate surface area is 219 Å². The summed E-state index contributed by atoms with van der Waals surface area (Å²) in [6.07, 6.45) is 2.40. The van der Waals surface area contributed by atoms with Crippen LogP contribution < -0.4 is 16.4 Å². The number of ether oxygens (including phenoxy) is 1. The van der Waals surface area contributed by atoms with Crippen molar-refractivity contribution in [3.05, 3.63) is 77.0 Å². The number of hydrogen-bond acceptors (Lipinski definition) is 10. The molecule has 8 nitrogen and oxygen atoms in total. The lowest BCUT2D eigenvalue weighted by Gasteiger charge is -2.25. The number of thioether (sulfide) groups is 1. The van der Waals surface area contributed by atoms with Crippen LogP contribution >= 0.6 is 34.4 Å². The summed E-state index contributed by atoms with van der Waals surface area (Å²) >= 11 is 4.14. The molecule has 0 radical (unpaired) electrons. The number of anilines is 3.